The quantitative estimate of drug-likeness (QED) is 0.376. The Morgan fingerprint density at radius 1 is 1.09 bits per heavy atom. The highest BCUT2D eigenvalue weighted by atomic mass is 32.2. The molecule has 35 heavy (non-hydrogen) atoms. The summed E-state index contributed by atoms with van der Waals surface area (Å²) in [5, 5.41) is 9.30. The first-order chi connectivity index (χ1) is 16.9. The lowest BCUT2D eigenvalue weighted by atomic mass is 10.1. The average molecular weight is 493 g/mol. The third-order valence-corrected chi connectivity index (χ3v) is 7.12. The molecule has 0 N–H and O–H groups in total. The molecule has 4 aromatic rings. The second-order valence-corrected chi connectivity index (χ2v) is 9.44. The number of hydrogen-bond donors (Lipinski definition) is 0. The van der Waals surface area contributed by atoms with Gasteiger partial charge in [-0.05, 0) is 27.0 Å². The van der Waals surface area contributed by atoms with E-state index in [4.69, 9.17) is 4.52 Å². The smallest absolute Gasteiger partial charge is 0.253 e. The van der Waals surface area contributed by atoms with Crippen LogP contribution in [0.5, 0.6) is 0 Å². The van der Waals surface area contributed by atoms with Crippen molar-refractivity contribution in [2.75, 3.05) is 32.4 Å². The minimum absolute atomic E-state index is 0.0220. The molecule has 1 amide bonds. The number of rotatable bonds is 6. The number of amides is 1. The van der Waals surface area contributed by atoms with Crippen molar-refractivity contribution >= 4 is 23.4 Å². The second-order valence-electron chi connectivity index (χ2n) is 8.66. The molecule has 1 saturated heterocycles. The zero-order valence-electron chi connectivity index (χ0n) is 20.3. The van der Waals surface area contributed by atoms with Crippen molar-refractivity contribution in [3.05, 3.63) is 53.2 Å². The summed E-state index contributed by atoms with van der Waals surface area (Å²) in [6.45, 7) is 8.74. The van der Waals surface area contributed by atoms with Gasteiger partial charge in [-0.1, -0.05) is 47.3 Å². The summed E-state index contributed by atoms with van der Waals surface area (Å²) in [6.07, 6.45) is 2.23. The van der Waals surface area contributed by atoms with Gasteiger partial charge in [0.2, 0.25) is 22.8 Å². The van der Waals surface area contributed by atoms with Gasteiger partial charge in [0, 0.05) is 48.7 Å². The van der Waals surface area contributed by atoms with Gasteiger partial charge in [0.05, 0.1) is 12.5 Å². The molecule has 11 heteroatoms. The minimum atomic E-state index is -0.0220. The van der Waals surface area contributed by atoms with Crippen LogP contribution in [0.15, 0.2) is 40.0 Å². The van der Waals surface area contributed by atoms with Gasteiger partial charge in [-0.25, -0.2) is 9.50 Å². The van der Waals surface area contributed by atoms with E-state index in [-0.39, 0.29) is 11.9 Å². The van der Waals surface area contributed by atoms with E-state index in [1.165, 1.54) is 11.8 Å². The van der Waals surface area contributed by atoms with Crippen LogP contribution in [0.4, 0.5) is 0 Å². The molecule has 0 aliphatic carbocycles. The normalized spacial score (nSPS) is 15.6. The number of fused-ring (bicyclic) bond motifs is 1. The lowest BCUT2D eigenvalue weighted by Gasteiger charge is -2.37. The van der Waals surface area contributed by atoms with Crippen LogP contribution < -0.4 is 0 Å². The Morgan fingerprint density at radius 2 is 1.83 bits per heavy atom. The number of hydrogen-bond acceptors (Lipinski definition) is 9. The van der Waals surface area contributed by atoms with Crippen LogP contribution in [0, 0.1) is 13.8 Å². The Morgan fingerprint density at radius 3 is 2.54 bits per heavy atom. The number of carbonyl (C=O) groups excluding carboxylic acids is 1. The Hall–Kier alpha value is -3.31. The maximum absolute atomic E-state index is 13.2. The number of carbonyl (C=O) groups is 1. The number of piperazine rings is 1. The zero-order valence-corrected chi connectivity index (χ0v) is 21.1. The molecule has 4 heterocycles. The molecule has 1 aromatic carbocycles. The molecule has 10 nitrogen and oxygen atoms in total. The molecule has 1 fully saturated rings. The summed E-state index contributed by atoms with van der Waals surface area (Å²) < 4.78 is 7.28. The van der Waals surface area contributed by atoms with Gasteiger partial charge in [-0.15, -0.1) is 5.10 Å². The van der Waals surface area contributed by atoms with E-state index in [9.17, 15) is 4.79 Å². The molecule has 182 valence electrons. The lowest BCUT2D eigenvalue weighted by Crippen LogP contribution is -2.49. The summed E-state index contributed by atoms with van der Waals surface area (Å²) >= 11 is 1.47. The third kappa shape index (κ3) is 4.65. The van der Waals surface area contributed by atoms with Crippen LogP contribution in [-0.4, -0.2) is 77.9 Å². The van der Waals surface area contributed by atoms with Crippen molar-refractivity contribution in [1.29, 1.82) is 0 Å². The first-order valence-corrected chi connectivity index (χ1v) is 12.8. The Labute approximate surface area is 207 Å². The maximum Gasteiger partial charge on any atom is 0.253 e. The highest BCUT2D eigenvalue weighted by Crippen LogP contribution is 2.24. The van der Waals surface area contributed by atoms with Crippen molar-refractivity contribution in [3.8, 4) is 11.4 Å². The van der Waals surface area contributed by atoms with E-state index >= 15 is 0 Å². The van der Waals surface area contributed by atoms with E-state index in [1.807, 2.05) is 55.3 Å². The van der Waals surface area contributed by atoms with Crippen LogP contribution in [0.25, 0.3) is 17.2 Å². The first-order valence-electron chi connectivity index (χ1n) is 11.6. The lowest BCUT2D eigenvalue weighted by molar-refractivity contribution is -0.132. The predicted octanol–water partition coefficient (Wildman–Crippen LogP) is 2.96. The monoisotopic (exact) mass is 492 g/mol. The molecule has 1 aliphatic rings. The topological polar surface area (TPSA) is 106 Å². The first kappa shape index (κ1) is 23.4. The highest BCUT2D eigenvalue weighted by molar-refractivity contribution is 7.98. The molecule has 1 aliphatic heterocycles. The fourth-order valence-corrected chi connectivity index (χ4v) is 4.76. The molecule has 0 spiro atoms. The van der Waals surface area contributed by atoms with Gasteiger partial charge >= 0.3 is 0 Å². The van der Waals surface area contributed by atoms with Crippen LogP contribution in [-0.2, 0) is 11.2 Å². The number of aromatic nitrogens is 6. The van der Waals surface area contributed by atoms with Crippen LogP contribution in [0.1, 0.15) is 35.8 Å². The maximum atomic E-state index is 13.2. The van der Waals surface area contributed by atoms with Gasteiger partial charge in [-0.3, -0.25) is 9.69 Å². The summed E-state index contributed by atoms with van der Waals surface area (Å²) in [6, 6.07) is 9.77. The molecule has 1 atom stereocenters. The molecule has 1 unspecified atom stereocenters. The number of thioether (sulfide) groups is 1. The second kappa shape index (κ2) is 9.74. The van der Waals surface area contributed by atoms with Gasteiger partial charge in [-0.2, -0.15) is 9.97 Å². The summed E-state index contributed by atoms with van der Waals surface area (Å²) in [5.41, 5.74) is 3.57. The Kier molecular flexibility index (Phi) is 6.52. The molecule has 0 saturated carbocycles. The van der Waals surface area contributed by atoms with Crippen molar-refractivity contribution in [2.24, 2.45) is 0 Å². The van der Waals surface area contributed by atoms with Crippen molar-refractivity contribution in [1.82, 2.24) is 39.5 Å². The summed E-state index contributed by atoms with van der Waals surface area (Å²) in [4.78, 5) is 30.9. The highest BCUT2D eigenvalue weighted by Gasteiger charge is 2.28. The summed E-state index contributed by atoms with van der Waals surface area (Å²) in [5.74, 6) is 1.85. The Balaban J connectivity index is 1.22. The van der Waals surface area contributed by atoms with Crippen LogP contribution in [0.3, 0.4) is 0 Å². The average Bonchev–Trinajstić information content (AvgIpc) is 3.54. The van der Waals surface area contributed by atoms with E-state index in [0.29, 0.717) is 42.2 Å². The standard InChI is InChI=1S/C24H28N8O2S/c1-15-19(16(2)32-23(25-15)27-24(28-32)35-4)14-20(33)31-12-10-30(11-13-31)17(3)22-26-21(29-34-22)18-8-6-5-7-9-18/h5-9,17H,10-14H2,1-4H3. The van der Waals surface area contributed by atoms with E-state index in [2.05, 4.69) is 37.0 Å². The number of benzene rings is 1. The predicted molar refractivity (Wildman–Crippen MR) is 132 cm³/mol. The zero-order chi connectivity index (χ0) is 24.5. The SMILES string of the molecule is CSc1nc2nc(C)c(CC(=O)N3CCN(C(C)c4nc(-c5ccccc5)no4)CC3)c(C)n2n1. The van der Waals surface area contributed by atoms with E-state index < -0.39 is 0 Å². The van der Waals surface area contributed by atoms with Gasteiger partial charge in [0.15, 0.2) is 0 Å². The molecular weight excluding hydrogens is 464 g/mol. The fraction of sp³-hybridized carbons (Fsp3) is 0.417. The van der Waals surface area contributed by atoms with E-state index in [0.717, 1.165) is 35.6 Å². The van der Waals surface area contributed by atoms with E-state index in [1.54, 1.807) is 4.52 Å². The molecular formula is C24H28N8O2S. The molecule has 0 bridgehead atoms. The van der Waals surface area contributed by atoms with Crippen molar-refractivity contribution in [3.63, 3.8) is 0 Å². The Bertz CT molecular complexity index is 1340. The van der Waals surface area contributed by atoms with Crippen molar-refractivity contribution < 1.29 is 9.32 Å². The minimum Gasteiger partial charge on any atom is -0.340 e. The number of nitrogens with zero attached hydrogens (tertiary/aromatic N) is 8. The third-order valence-electron chi connectivity index (χ3n) is 6.59. The fourth-order valence-electron chi connectivity index (χ4n) is 4.42. The molecule has 3 aromatic heterocycles. The van der Waals surface area contributed by atoms with Gasteiger partial charge < -0.3 is 9.42 Å². The largest absolute Gasteiger partial charge is 0.340 e. The number of aryl methyl sites for hydroxylation is 2. The van der Waals surface area contributed by atoms with Gasteiger partial charge in [0.25, 0.3) is 5.78 Å². The summed E-state index contributed by atoms with van der Waals surface area (Å²) in [7, 11) is 0. The van der Waals surface area contributed by atoms with Gasteiger partial charge in [0.1, 0.15) is 0 Å². The van der Waals surface area contributed by atoms with Crippen molar-refractivity contribution in [2.45, 2.75) is 38.4 Å². The molecule has 5 rings (SSSR count). The van der Waals surface area contributed by atoms with Crippen LogP contribution in [0.2, 0.25) is 0 Å². The van der Waals surface area contributed by atoms with Crippen LogP contribution >= 0.6 is 11.8 Å². The molecule has 0 radical (unpaired) electrons.